The van der Waals surface area contributed by atoms with Crippen LogP contribution in [0.4, 0.5) is 0 Å². The number of benzene rings is 2. The lowest BCUT2D eigenvalue weighted by Gasteiger charge is -2.24. The number of ether oxygens (including phenoxy) is 2. The molecule has 2 aromatic rings. The smallest absolute Gasteiger partial charge is 0.263 e. The predicted molar refractivity (Wildman–Crippen MR) is 100 cm³/mol. The van der Waals surface area contributed by atoms with Crippen molar-refractivity contribution in [1.82, 2.24) is 4.90 Å². The second-order valence-corrected chi connectivity index (χ2v) is 6.27. The number of likely N-dealkylation sites (N-methyl/N-ethyl adjacent to an activating group) is 1. The summed E-state index contributed by atoms with van der Waals surface area (Å²) in [6.07, 6.45) is 0.115. The van der Waals surface area contributed by atoms with Crippen LogP contribution in [0.3, 0.4) is 0 Å². The van der Waals surface area contributed by atoms with Crippen molar-refractivity contribution in [3.8, 4) is 11.5 Å². The summed E-state index contributed by atoms with van der Waals surface area (Å²) in [5, 5.41) is 0. The van der Waals surface area contributed by atoms with Crippen molar-refractivity contribution in [3.63, 3.8) is 0 Å². The van der Waals surface area contributed by atoms with Gasteiger partial charge in [-0.1, -0.05) is 31.2 Å². The molecule has 0 bridgehead atoms. The summed E-state index contributed by atoms with van der Waals surface area (Å²) >= 11 is 0. The molecule has 0 aliphatic carbocycles. The second kappa shape index (κ2) is 8.56. The first-order valence-electron chi connectivity index (χ1n) is 8.57. The number of carbonyl (C=O) groups is 1. The summed E-state index contributed by atoms with van der Waals surface area (Å²) in [4.78, 5) is 14.5. The topological polar surface area (TPSA) is 38.8 Å². The average Bonchev–Trinajstić information content (AvgIpc) is 2.62. The van der Waals surface area contributed by atoms with Crippen molar-refractivity contribution in [1.29, 1.82) is 0 Å². The highest BCUT2D eigenvalue weighted by atomic mass is 16.5. The van der Waals surface area contributed by atoms with Crippen LogP contribution in [0.25, 0.3) is 0 Å². The summed E-state index contributed by atoms with van der Waals surface area (Å²) in [7, 11) is 3.43. The number of amides is 1. The molecule has 0 spiro atoms. The fourth-order valence-electron chi connectivity index (χ4n) is 2.67. The lowest BCUT2D eigenvalue weighted by molar-refractivity contribution is -0.138. The van der Waals surface area contributed by atoms with E-state index in [1.165, 1.54) is 5.56 Å². The van der Waals surface area contributed by atoms with Crippen molar-refractivity contribution >= 4 is 5.91 Å². The minimum atomic E-state index is -0.498. The Bertz CT molecular complexity index is 727. The zero-order valence-electron chi connectivity index (χ0n) is 15.7. The molecule has 0 aromatic heterocycles. The fourth-order valence-corrected chi connectivity index (χ4v) is 2.67. The number of hydrogen-bond acceptors (Lipinski definition) is 3. The van der Waals surface area contributed by atoms with Crippen LogP contribution in [-0.2, 0) is 11.3 Å². The van der Waals surface area contributed by atoms with Crippen LogP contribution in [0.2, 0.25) is 0 Å². The summed E-state index contributed by atoms with van der Waals surface area (Å²) in [6.45, 7) is 6.54. The maximum absolute atomic E-state index is 12.8. The molecular weight excluding hydrogens is 314 g/mol. The fraction of sp³-hybridized carbons (Fsp3) is 0.381. The van der Waals surface area contributed by atoms with Gasteiger partial charge in [-0.2, -0.15) is 0 Å². The zero-order valence-corrected chi connectivity index (χ0v) is 15.7. The SMILES string of the molecule is CC[C@@H](Oc1ccc(C)c(C)c1)C(=O)N(C)Cc1ccccc1OC. The molecule has 0 saturated heterocycles. The molecule has 4 heteroatoms. The Labute approximate surface area is 150 Å². The quantitative estimate of drug-likeness (QED) is 0.760. The van der Waals surface area contributed by atoms with E-state index in [0.29, 0.717) is 13.0 Å². The molecule has 0 saturated carbocycles. The molecule has 0 heterocycles. The third-order valence-electron chi connectivity index (χ3n) is 4.38. The number of para-hydroxylation sites is 1. The second-order valence-electron chi connectivity index (χ2n) is 6.27. The minimum Gasteiger partial charge on any atom is -0.496 e. The molecule has 0 unspecified atom stereocenters. The maximum Gasteiger partial charge on any atom is 0.263 e. The first-order valence-corrected chi connectivity index (χ1v) is 8.57. The Kier molecular flexibility index (Phi) is 6.45. The van der Waals surface area contributed by atoms with Gasteiger partial charge in [0.2, 0.25) is 0 Å². The number of hydrogen-bond donors (Lipinski definition) is 0. The Morgan fingerprint density at radius 1 is 1.12 bits per heavy atom. The van der Waals surface area contributed by atoms with Crippen molar-refractivity contribution in [2.45, 2.75) is 39.8 Å². The molecule has 1 amide bonds. The Morgan fingerprint density at radius 3 is 2.48 bits per heavy atom. The third kappa shape index (κ3) is 4.75. The minimum absolute atomic E-state index is 0.0355. The highest BCUT2D eigenvalue weighted by Gasteiger charge is 2.23. The van der Waals surface area contributed by atoms with Crippen LogP contribution in [0.15, 0.2) is 42.5 Å². The third-order valence-corrected chi connectivity index (χ3v) is 4.38. The predicted octanol–water partition coefficient (Wildman–Crippen LogP) is 4.13. The van der Waals surface area contributed by atoms with E-state index < -0.39 is 6.10 Å². The summed E-state index contributed by atoms with van der Waals surface area (Å²) < 4.78 is 11.3. The van der Waals surface area contributed by atoms with Crippen molar-refractivity contribution < 1.29 is 14.3 Å². The maximum atomic E-state index is 12.8. The lowest BCUT2D eigenvalue weighted by atomic mass is 10.1. The van der Waals surface area contributed by atoms with E-state index in [2.05, 4.69) is 6.92 Å². The molecule has 2 aromatic carbocycles. The highest BCUT2D eigenvalue weighted by Crippen LogP contribution is 2.21. The molecule has 0 radical (unpaired) electrons. The molecule has 0 N–H and O–H groups in total. The lowest BCUT2D eigenvalue weighted by Crippen LogP contribution is -2.39. The molecule has 1 atom stereocenters. The molecule has 25 heavy (non-hydrogen) atoms. The van der Waals surface area contributed by atoms with Crippen LogP contribution in [0, 0.1) is 13.8 Å². The Hall–Kier alpha value is -2.49. The van der Waals surface area contributed by atoms with Crippen LogP contribution in [-0.4, -0.2) is 31.1 Å². The van der Waals surface area contributed by atoms with Gasteiger partial charge in [0.25, 0.3) is 5.91 Å². The first kappa shape index (κ1) is 18.8. The van der Waals surface area contributed by atoms with Crippen LogP contribution < -0.4 is 9.47 Å². The van der Waals surface area contributed by atoms with E-state index in [9.17, 15) is 4.79 Å². The van der Waals surface area contributed by atoms with Crippen molar-refractivity contribution in [3.05, 3.63) is 59.2 Å². The number of rotatable bonds is 7. The van der Waals surface area contributed by atoms with Gasteiger partial charge >= 0.3 is 0 Å². The van der Waals surface area contributed by atoms with Gasteiger partial charge in [0.1, 0.15) is 11.5 Å². The first-order chi connectivity index (χ1) is 12.0. The van der Waals surface area contributed by atoms with Gasteiger partial charge in [-0.15, -0.1) is 0 Å². The summed E-state index contributed by atoms with van der Waals surface area (Å²) in [6, 6.07) is 13.6. The van der Waals surface area contributed by atoms with E-state index in [-0.39, 0.29) is 5.91 Å². The molecule has 0 aliphatic heterocycles. The number of methoxy groups -OCH3 is 1. The van der Waals surface area contributed by atoms with Gasteiger partial charge in [-0.3, -0.25) is 4.79 Å². The number of aryl methyl sites for hydroxylation is 2. The van der Waals surface area contributed by atoms with E-state index >= 15 is 0 Å². The number of nitrogens with zero attached hydrogens (tertiary/aromatic N) is 1. The number of carbonyl (C=O) groups excluding carboxylic acids is 1. The molecule has 0 aliphatic rings. The highest BCUT2D eigenvalue weighted by molar-refractivity contribution is 5.81. The summed E-state index contributed by atoms with van der Waals surface area (Å²) in [5.41, 5.74) is 3.34. The van der Waals surface area contributed by atoms with Crippen molar-refractivity contribution in [2.75, 3.05) is 14.2 Å². The standard InChI is InChI=1S/C21H27NO3/c1-6-19(25-18-12-11-15(2)16(3)13-18)21(23)22(4)14-17-9-7-8-10-20(17)24-5/h7-13,19H,6,14H2,1-5H3/t19-/m1/s1. The summed E-state index contributed by atoms with van der Waals surface area (Å²) in [5.74, 6) is 1.48. The molecule has 2 rings (SSSR count). The zero-order chi connectivity index (χ0) is 18.4. The molecular formula is C21H27NO3. The van der Waals surface area contributed by atoms with Gasteiger partial charge < -0.3 is 14.4 Å². The largest absolute Gasteiger partial charge is 0.496 e. The van der Waals surface area contributed by atoms with Crippen LogP contribution in [0.5, 0.6) is 11.5 Å². The van der Waals surface area contributed by atoms with Crippen LogP contribution >= 0.6 is 0 Å². The van der Waals surface area contributed by atoms with Crippen molar-refractivity contribution in [2.24, 2.45) is 0 Å². The Morgan fingerprint density at radius 2 is 1.84 bits per heavy atom. The van der Waals surface area contributed by atoms with Gasteiger partial charge in [-0.05, 0) is 49.6 Å². The van der Waals surface area contributed by atoms with Gasteiger partial charge in [-0.25, -0.2) is 0 Å². The van der Waals surface area contributed by atoms with Crippen LogP contribution in [0.1, 0.15) is 30.0 Å². The monoisotopic (exact) mass is 341 g/mol. The van der Waals surface area contributed by atoms with E-state index in [1.807, 2.05) is 56.3 Å². The average molecular weight is 341 g/mol. The molecule has 0 fully saturated rings. The normalized spacial score (nSPS) is 11.7. The molecule has 4 nitrogen and oxygen atoms in total. The van der Waals surface area contributed by atoms with E-state index in [0.717, 1.165) is 22.6 Å². The van der Waals surface area contributed by atoms with E-state index in [1.54, 1.807) is 19.1 Å². The van der Waals surface area contributed by atoms with Gasteiger partial charge in [0.15, 0.2) is 6.10 Å². The van der Waals surface area contributed by atoms with E-state index in [4.69, 9.17) is 9.47 Å². The Balaban J connectivity index is 2.08. The van der Waals surface area contributed by atoms with Gasteiger partial charge in [0, 0.05) is 19.2 Å². The van der Waals surface area contributed by atoms with Gasteiger partial charge in [0.05, 0.1) is 7.11 Å². The molecule has 134 valence electrons.